The topological polar surface area (TPSA) is 43.4 Å². The Bertz CT molecular complexity index is 1300. The number of hydrogen-bond acceptors (Lipinski definition) is 3. The van der Waals surface area contributed by atoms with Gasteiger partial charge in [-0.1, -0.05) is 91.0 Å². The van der Waals surface area contributed by atoms with Crippen LogP contribution in [0.5, 0.6) is 0 Å². The van der Waals surface area contributed by atoms with Crippen LogP contribution in [0, 0.1) is 0 Å². The van der Waals surface area contributed by atoms with Gasteiger partial charge in [-0.05, 0) is 54.1 Å². The molecule has 0 aliphatic carbocycles. The van der Waals surface area contributed by atoms with Crippen LogP contribution in [0.15, 0.2) is 139 Å². The molecule has 0 fully saturated rings. The average molecular weight is 490 g/mol. The molecule has 4 aromatic rings. The molecule has 36 heavy (non-hydrogen) atoms. The molecular weight excluding hydrogens is 463 g/mol. The first-order valence-corrected chi connectivity index (χ1v) is 13.9. The summed E-state index contributed by atoms with van der Waals surface area (Å²) in [5, 5.41) is 3.30. The first-order valence-electron chi connectivity index (χ1n) is 11.9. The smallest absolute Gasteiger partial charge is 0.342 e. The Balaban J connectivity index is 1.54. The number of Topliss-reactive ketones (excluding diaryl/α,β-unsaturated/α-hetero) is 1. The van der Waals surface area contributed by atoms with E-state index in [0.29, 0.717) is 0 Å². The van der Waals surface area contributed by atoms with Gasteiger partial charge in [0.1, 0.15) is 41.0 Å². The van der Waals surface area contributed by atoms with E-state index in [1.807, 2.05) is 97.1 Å². The lowest BCUT2D eigenvalue weighted by Gasteiger charge is -2.27. The largest absolute Gasteiger partial charge is 0.450 e. The number of ketones is 1. The van der Waals surface area contributed by atoms with Crippen molar-refractivity contribution in [3.63, 3.8) is 0 Å². The Morgan fingerprint density at radius 3 is 1.61 bits per heavy atom. The molecule has 0 saturated heterocycles. The summed E-state index contributed by atoms with van der Waals surface area (Å²) in [6, 6.07) is 40.3. The van der Waals surface area contributed by atoms with Crippen LogP contribution in [0.4, 0.5) is 0 Å². The van der Waals surface area contributed by atoms with Gasteiger partial charge in [0.15, 0.2) is 0 Å². The quantitative estimate of drug-likeness (QED) is 0.196. The van der Waals surface area contributed by atoms with Crippen molar-refractivity contribution in [2.24, 2.45) is 0 Å². The number of esters is 1. The highest BCUT2D eigenvalue weighted by Crippen LogP contribution is 2.55. The van der Waals surface area contributed by atoms with Crippen LogP contribution < -0.4 is 15.9 Å². The van der Waals surface area contributed by atoms with E-state index >= 15 is 0 Å². The number of cyclic esters (lactones) is 1. The SMILES string of the molecule is O=C(C[P+](c1ccccc1)(c1ccccc1)c1ccccc1)C1=CC(/C=C/c2ccccc2)OC1=O. The van der Waals surface area contributed by atoms with Gasteiger partial charge in [-0.2, -0.15) is 0 Å². The Labute approximate surface area is 212 Å². The van der Waals surface area contributed by atoms with Gasteiger partial charge in [-0.3, -0.25) is 4.79 Å². The zero-order chi connectivity index (χ0) is 24.8. The fourth-order valence-electron chi connectivity index (χ4n) is 4.59. The maximum Gasteiger partial charge on any atom is 0.342 e. The predicted molar refractivity (Wildman–Crippen MR) is 148 cm³/mol. The molecule has 5 rings (SSSR count). The highest BCUT2D eigenvalue weighted by Gasteiger charge is 2.48. The summed E-state index contributed by atoms with van der Waals surface area (Å²) < 4.78 is 5.52. The van der Waals surface area contributed by atoms with E-state index in [-0.39, 0.29) is 17.5 Å². The van der Waals surface area contributed by atoms with Crippen molar-refractivity contribution in [3.05, 3.63) is 145 Å². The molecule has 4 aromatic carbocycles. The number of rotatable bonds is 8. The molecule has 1 atom stereocenters. The van der Waals surface area contributed by atoms with Crippen molar-refractivity contribution >= 4 is 41.0 Å². The molecule has 0 saturated carbocycles. The van der Waals surface area contributed by atoms with E-state index in [2.05, 4.69) is 36.4 Å². The Hall–Kier alpha value is -4.07. The third-order valence-electron chi connectivity index (χ3n) is 6.34. The Kier molecular flexibility index (Phi) is 7.02. The lowest BCUT2D eigenvalue weighted by Crippen LogP contribution is -2.36. The summed E-state index contributed by atoms with van der Waals surface area (Å²) in [5.41, 5.74) is 1.13. The van der Waals surface area contributed by atoms with E-state index in [4.69, 9.17) is 4.74 Å². The molecule has 3 nitrogen and oxygen atoms in total. The second-order valence-corrected chi connectivity index (χ2v) is 12.1. The van der Waals surface area contributed by atoms with Crippen molar-refractivity contribution in [1.82, 2.24) is 0 Å². The average Bonchev–Trinajstić information content (AvgIpc) is 3.33. The van der Waals surface area contributed by atoms with Crippen LogP contribution in [0.2, 0.25) is 0 Å². The molecule has 1 aliphatic rings. The maximum atomic E-state index is 13.8. The zero-order valence-corrected chi connectivity index (χ0v) is 20.6. The zero-order valence-electron chi connectivity index (χ0n) is 19.7. The van der Waals surface area contributed by atoms with Crippen molar-refractivity contribution in [3.8, 4) is 0 Å². The predicted octanol–water partition coefficient (Wildman–Crippen LogP) is 5.11. The standard InChI is InChI=1S/C32H26O3P/c33-31(30-23-26(35-32(30)34)22-21-25-13-5-1-6-14-25)24-36(27-15-7-2-8-16-27,28-17-9-3-10-18-28)29-19-11-4-12-20-29/h1-23,26H,24H2/q+1/b22-21+. The van der Waals surface area contributed by atoms with Crippen LogP contribution in [0.25, 0.3) is 6.08 Å². The summed E-state index contributed by atoms with van der Waals surface area (Å²) in [7, 11) is -2.39. The number of benzene rings is 4. The molecule has 4 heteroatoms. The first kappa shape index (κ1) is 23.7. The minimum Gasteiger partial charge on any atom is -0.450 e. The van der Waals surface area contributed by atoms with E-state index < -0.39 is 19.3 Å². The third-order valence-corrected chi connectivity index (χ3v) is 10.6. The van der Waals surface area contributed by atoms with Crippen molar-refractivity contribution in [2.45, 2.75) is 6.10 Å². The maximum absolute atomic E-state index is 13.8. The van der Waals surface area contributed by atoms with Gasteiger partial charge in [-0.25, -0.2) is 4.79 Å². The van der Waals surface area contributed by atoms with Gasteiger partial charge in [0.25, 0.3) is 0 Å². The molecule has 0 N–H and O–H groups in total. The molecular formula is C32H26O3P+. The molecule has 0 radical (unpaired) electrons. The van der Waals surface area contributed by atoms with Gasteiger partial charge in [0.05, 0.1) is 0 Å². The minimum absolute atomic E-state index is 0.130. The van der Waals surface area contributed by atoms with Crippen LogP contribution >= 0.6 is 7.26 Å². The second-order valence-electron chi connectivity index (χ2n) is 8.62. The Morgan fingerprint density at radius 2 is 1.14 bits per heavy atom. The fraction of sp³-hybridized carbons (Fsp3) is 0.0625. The summed E-state index contributed by atoms with van der Waals surface area (Å²) in [6.07, 6.45) is 5.01. The Morgan fingerprint density at radius 1 is 0.694 bits per heavy atom. The van der Waals surface area contributed by atoms with Crippen molar-refractivity contribution < 1.29 is 14.3 Å². The number of carbonyl (C=O) groups excluding carboxylic acids is 2. The first-order chi connectivity index (χ1) is 17.7. The van der Waals surface area contributed by atoms with Crippen LogP contribution in [0.1, 0.15) is 5.56 Å². The lowest BCUT2D eigenvalue weighted by atomic mass is 10.1. The third kappa shape index (κ3) is 4.84. The highest BCUT2D eigenvalue weighted by molar-refractivity contribution is 7.96. The monoisotopic (exact) mass is 489 g/mol. The van der Waals surface area contributed by atoms with Gasteiger partial charge in [0.2, 0.25) is 5.78 Å². The van der Waals surface area contributed by atoms with Crippen LogP contribution in [-0.2, 0) is 14.3 Å². The van der Waals surface area contributed by atoms with Gasteiger partial charge in [-0.15, -0.1) is 0 Å². The fourth-order valence-corrected chi connectivity index (χ4v) is 8.68. The summed E-state index contributed by atoms with van der Waals surface area (Å²) in [6.45, 7) is 0. The second kappa shape index (κ2) is 10.7. The van der Waals surface area contributed by atoms with Crippen molar-refractivity contribution in [2.75, 3.05) is 6.16 Å². The van der Waals surface area contributed by atoms with Crippen LogP contribution in [0.3, 0.4) is 0 Å². The van der Waals surface area contributed by atoms with Crippen LogP contribution in [-0.4, -0.2) is 24.0 Å². The number of ether oxygens (including phenoxy) is 1. The molecule has 1 unspecified atom stereocenters. The summed E-state index contributed by atoms with van der Waals surface area (Å²) >= 11 is 0. The summed E-state index contributed by atoms with van der Waals surface area (Å²) in [4.78, 5) is 26.6. The lowest BCUT2D eigenvalue weighted by molar-refractivity contribution is -0.139. The highest BCUT2D eigenvalue weighted by atomic mass is 31.2. The molecule has 0 spiro atoms. The minimum atomic E-state index is -2.39. The molecule has 1 aliphatic heterocycles. The normalized spacial score (nSPS) is 15.5. The van der Waals surface area contributed by atoms with Gasteiger partial charge in [0, 0.05) is 0 Å². The van der Waals surface area contributed by atoms with E-state index in [1.165, 1.54) is 0 Å². The summed E-state index contributed by atoms with van der Waals surface area (Å²) in [5.74, 6) is -0.754. The van der Waals surface area contributed by atoms with E-state index in [0.717, 1.165) is 21.5 Å². The van der Waals surface area contributed by atoms with Gasteiger partial charge < -0.3 is 4.74 Å². The molecule has 0 bridgehead atoms. The molecule has 1 heterocycles. The van der Waals surface area contributed by atoms with E-state index in [1.54, 1.807) is 6.08 Å². The number of carbonyl (C=O) groups is 2. The molecule has 0 aromatic heterocycles. The molecule has 176 valence electrons. The number of hydrogen-bond donors (Lipinski definition) is 0. The van der Waals surface area contributed by atoms with Crippen molar-refractivity contribution in [1.29, 1.82) is 0 Å². The van der Waals surface area contributed by atoms with E-state index in [9.17, 15) is 9.59 Å². The van der Waals surface area contributed by atoms with Gasteiger partial charge >= 0.3 is 5.97 Å². The molecule has 0 amide bonds.